The first-order chi connectivity index (χ1) is 7.47. The van der Waals surface area contributed by atoms with Crippen molar-refractivity contribution in [3.63, 3.8) is 0 Å². The van der Waals surface area contributed by atoms with E-state index >= 15 is 0 Å². The van der Waals surface area contributed by atoms with Gasteiger partial charge in [0, 0.05) is 6.42 Å². The van der Waals surface area contributed by atoms with Crippen molar-refractivity contribution in [2.24, 2.45) is 11.3 Å². The predicted molar refractivity (Wildman–Crippen MR) is 53.8 cm³/mol. The van der Waals surface area contributed by atoms with E-state index in [9.17, 15) is 9.59 Å². The minimum Gasteiger partial charge on any atom is -0.468 e. The van der Waals surface area contributed by atoms with Crippen LogP contribution in [0.3, 0.4) is 0 Å². The molecule has 1 heterocycles. The van der Waals surface area contributed by atoms with E-state index in [-0.39, 0.29) is 5.78 Å². The summed E-state index contributed by atoms with van der Waals surface area (Å²) in [6.45, 7) is 3.69. The Morgan fingerprint density at radius 3 is 2.94 bits per heavy atom. The van der Waals surface area contributed by atoms with E-state index in [1.165, 1.54) is 13.3 Å². The van der Waals surface area contributed by atoms with Gasteiger partial charge in [0.05, 0.1) is 18.9 Å². The minimum atomic E-state index is -0.774. The second-order valence-electron chi connectivity index (χ2n) is 4.65. The van der Waals surface area contributed by atoms with Gasteiger partial charge in [0.2, 0.25) is 0 Å². The summed E-state index contributed by atoms with van der Waals surface area (Å²) in [5, 5.41) is 3.59. The number of methoxy groups -OCH3 is 1. The van der Waals surface area contributed by atoms with Gasteiger partial charge in [-0.2, -0.15) is 0 Å². The number of fused-ring (bicyclic) bond motifs is 1. The van der Waals surface area contributed by atoms with Gasteiger partial charge in [-0.1, -0.05) is 19.0 Å². The smallest absolute Gasteiger partial charge is 0.317 e. The molecule has 16 heavy (non-hydrogen) atoms. The van der Waals surface area contributed by atoms with Crippen molar-refractivity contribution in [1.82, 2.24) is 5.16 Å². The lowest BCUT2D eigenvalue weighted by atomic mass is 9.68. The Bertz CT molecular complexity index is 447. The molecule has 1 aromatic heterocycles. The van der Waals surface area contributed by atoms with Gasteiger partial charge in [0.1, 0.15) is 11.7 Å². The highest BCUT2D eigenvalue weighted by molar-refractivity contribution is 6.10. The summed E-state index contributed by atoms with van der Waals surface area (Å²) in [7, 11) is 1.29. The SMILES string of the molecule is COC(=O)C1C(=O)c2cnoc2CC1(C)C. The molecule has 5 nitrogen and oxygen atoms in total. The van der Waals surface area contributed by atoms with Crippen LogP contribution in [-0.2, 0) is 16.0 Å². The van der Waals surface area contributed by atoms with Gasteiger partial charge in [-0.15, -0.1) is 0 Å². The van der Waals surface area contributed by atoms with Crippen molar-refractivity contribution in [2.45, 2.75) is 20.3 Å². The molecule has 0 spiro atoms. The van der Waals surface area contributed by atoms with Crippen LogP contribution in [0, 0.1) is 11.3 Å². The van der Waals surface area contributed by atoms with E-state index in [2.05, 4.69) is 9.89 Å². The van der Waals surface area contributed by atoms with Crippen molar-refractivity contribution >= 4 is 11.8 Å². The Balaban J connectivity index is 2.47. The fraction of sp³-hybridized carbons (Fsp3) is 0.545. The lowest BCUT2D eigenvalue weighted by Gasteiger charge is -2.33. The second-order valence-corrected chi connectivity index (χ2v) is 4.65. The highest BCUT2D eigenvalue weighted by Crippen LogP contribution is 2.39. The Morgan fingerprint density at radius 2 is 2.31 bits per heavy atom. The molecule has 86 valence electrons. The van der Waals surface area contributed by atoms with Gasteiger partial charge >= 0.3 is 5.97 Å². The number of ketones is 1. The van der Waals surface area contributed by atoms with Gasteiger partial charge in [0.25, 0.3) is 0 Å². The number of carbonyl (C=O) groups excluding carboxylic acids is 2. The van der Waals surface area contributed by atoms with Crippen molar-refractivity contribution in [3.05, 3.63) is 17.5 Å². The van der Waals surface area contributed by atoms with Crippen LogP contribution in [-0.4, -0.2) is 24.0 Å². The van der Waals surface area contributed by atoms with Crippen molar-refractivity contribution in [3.8, 4) is 0 Å². The highest BCUT2D eigenvalue weighted by Gasteiger charge is 2.48. The summed E-state index contributed by atoms with van der Waals surface area (Å²) in [6.07, 6.45) is 1.87. The largest absolute Gasteiger partial charge is 0.468 e. The molecule has 5 heteroatoms. The molecule has 1 aliphatic rings. The summed E-state index contributed by atoms with van der Waals surface area (Å²) in [5.74, 6) is -0.985. The second kappa shape index (κ2) is 3.43. The monoisotopic (exact) mass is 223 g/mol. The Morgan fingerprint density at radius 1 is 1.62 bits per heavy atom. The molecule has 0 radical (unpaired) electrons. The van der Waals surface area contributed by atoms with Crippen LogP contribution in [0.5, 0.6) is 0 Å². The van der Waals surface area contributed by atoms with Gasteiger partial charge in [-0.25, -0.2) is 0 Å². The summed E-state index contributed by atoms with van der Waals surface area (Å²) < 4.78 is 9.68. The molecule has 0 bridgehead atoms. The van der Waals surface area contributed by atoms with Crippen molar-refractivity contribution < 1.29 is 18.8 Å². The van der Waals surface area contributed by atoms with Crippen LogP contribution in [0.15, 0.2) is 10.7 Å². The van der Waals surface area contributed by atoms with Crippen LogP contribution in [0.2, 0.25) is 0 Å². The van der Waals surface area contributed by atoms with Gasteiger partial charge in [0.15, 0.2) is 5.78 Å². The fourth-order valence-corrected chi connectivity index (χ4v) is 2.16. The third kappa shape index (κ3) is 1.43. The number of aromatic nitrogens is 1. The number of rotatable bonds is 1. The molecule has 0 saturated heterocycles. The van der Waals surface area contributed by atoms with Crippen LogP contribution in [0.1, 0.15) is 30.0 Å². The third-order valence-corrected chi connectivity index (χ3v) is 3.01. The Kier molecular flexibility index (Phi) is 2.33. The van der Waals surface area contributed by atoms with Gasteiger partial charge in [-0.3, -0.25) is 9.59 Å². The fourth-order valence-electron chi connectivity index (χ4n) is 2.16. The lowest BCUT2D eigenvalue weighted by Crippen LogP contribution is -2.43. The summed E-state index contributed by atoms with van der Waals surface area (Å²) in [5.41, 5.74) is -0.105. The van der Waals surface area contributed by atoms with E-state index in [1.807, 2.05) is 13.8 Å². The molecular weight excluding hydrogens is 210 g/mol. The molecule has 0 fully saturated rings. The average Bonchev–Trinajstić information content (AvgIpc) is 2.63. The Hall–Kier alpha value is -1.65. The first-order valence-corrected chi connectivity index (χ1v) is 5.03. The van der Waals surface area contributed by atoms with E-state index < -0.39 is 17.3 Å². The zero-order chi connectivity index (χ0) is 11.9. The molecule has 0 N–H and O–H groups in total. The van der Waals surface area contributed by atoms with Crippen LogP contribution >= 0.6 is 0 Å². The van der Waals surface area contributed by atoms with Crippen LogP contribution < -0.4 is 0 Å². The van der Waals surface area contributed by atoms with Gasteiger partial charge in [-0.05, 0) is 5.41 Å². The molecule has 0 amide bonds. The maximum Gasteiger partial charge on any atom is 0.317 e. The summed E-state index contributed by atoms with van der Waals surface area (Å²) in [4.78, 5) is 23.7. The minimum absolute atomic E-state index is 0.264. The van der Waals surface area contributed by atoms with E-state index in [4.69, 9.17) is 4.52 Å². The molecule has 2 rings (SSSR count). The number of ether oxygens (including phenoxy) is 1. The molecule has 1 aliphatic carbocycles. The number of Topliss-reactive ketones (excluding diaryl/α,β-unsaturated/α-hetero) is 1. The van der Waals surface area contributed by atoms with E-state index in [1.54, 1.807) is 0 Å². The quantitative estimate of drug-likeness (QED) is 0.529. The number of hydrogen-bond acceptors (Lipinski definition) is 5. The molecule has 0 saturated carbocycles. The predicted octanol–water partition coefficient (Wildman–Crippen LogP) is 1.23. The van der Waals surface area contributed by atoms with E-state index in [0.717, 1.165) is 0 Å². The summed E-state index contributed by atoms with van der Waals surface area (Å²) in [6, 6.07) is 0. The normalized spacial score (nSPS) is 22.7. The maximum atomic E-state index is 12.1. The number of hydrogen-bond donors (Lipinski definition) is 0. The average molecular weight is 223 g/mol. The maximum absolute atomic E-state index is 12.1. The number of nitrogens with zero attached hydrogens (tertiary/aromatic N) is 1. The molecule has 1 aromatic rings. The first-order valence-electron chi connectivity index (χ1n) is 5.03. The molecule has 0 aliphatic heterocycles. The zero-order valence-corrected chi connectivity index (χ0v) is 9.44. The van der Waals surface area contributed by atoms with Crippen molar-refractivity contribution in [1.29, 1.82) is 0 Å². The van der Waals surface area contributed by atoms with E-state index in [0.29, 0.717) is 17.7 Å². The third-order valence-electron chi connectivity index (χ3n) is 3.01. The lowest BCUT2D eigenvalue weighted by molar-refractivity contribution is -0.147. The molecule has 1 atom stereocenters. The van der Waals surface area contributed by atoms with Crippen molar-refractivity contribution in [2.75, 3.05) is 7.11 Å². The molecule has 1 unspecified atom stereocenters. The molecular formula is C11H13NO4. The standard InChI is InChI=1S/C11H13NO4/c1-11(2)4-7-6(5-12-16-7)9(13)8(11)10(14)15-3/h5,8H,4H2,1-3H3. The number of esters is 1. The van der Waals surface area contributed by atoms with Gasteiger partial charge < -0.3 is 9.26 Å². The molecule has 0 aromatic carbocycles. The number of carbonyl (C=O) groups is 2. The Labute approximate surface area is 92.7 Å². The summed E-state index contributed by atoms with van der Waals surface area (Å²) >= 11 is 0. The first kappa shape index (κ1) is 10.9. The highest BCUT2D eigenvalue weighted by atomic mass is 16.5. The zero-order valence-electron chi connectivity index (χ0n) is 9.44. The van der Waals surface area contributed by atoms with Crippen LogP contribution in [0.4, 0.5) is 0 Å². The van der Waals surface area contributed by atoms with Crippen LogP contribution in [0.25, 0.3) is 0 Å². The topological polar surface area (TPSA) is 69.4 Å².